The summed E-state index contributed by atoms with van der Waals surface area (Å²) in [4.78, 5) is 7.96. The van der Waals surface area contributed by atoms with Gasteiger partial charge in [-0.25, -0.2) is 14.4 Å². The summed E-state index contributed by atoms with van der Waals surface area (Å²) in [6.45, 7) is 0.408. The first kappa shape index (κ1) is 11.3. The minimum absolute atomic E-state index is 0.386. The quantitative estimate of drug-likeness (QED) is 0.879. The molecule has 2 aromatic heterocycles. The fraction of sp³-hybridized carbons (Fsp3) is 0.167. The maximum absolute atomic E-state index is 13.0. The van der Waals surface area contributed by atoms with E-state index in [1.807, 2.05) is 18.2 Å². The van der Waals surface area contributed by atoms with Crippen molar-refractivity contribution in [2.24, 2.45) is 0 Å². The van der Waals surface area contributed by atoms with E-state index >= 15 is 0 Å². The molecular formula is C12H12FN3O. The SMILES string of the molecule is COc1ncc(F)cc1CNc1ccccn1. The molecule has 0 saturated heterocycles. The Morgan fingerprint density at radius 3 is 2.94 bits per heavy atom. The summed E-state index contributed by atoms with van der Waals surface area (Å²) < 4.78 is 18.1. The average Bonchev–Trinajstić information content (AvgIpc) is 2.38. The van der Waals surface area contributed by atoms with Crippen LogP contribution in [0.25, 0.3) is 0 Å². The first-order valence-electron chi connectivity index (χ1n) is 5.13. The highest BCUT2D eigenvalue weighted by Gasteiger charge is 2.06. The number of rotatable bonds is 4. The molecule has 0 aliphatic rings. The Morgan fingerprint density at radius 1 is 1.35 bits per heavy atom. The number of halogens is 1. The van der Waals surface area contributed by atoms with Crippen LogP contribution in [0.2, 0.25) is 0 Å². The molecule has 88 valence electrons. The second-order valence-corrected chi connectivity index (χ2v) is 3.39. The van der Waals surface area contributed by atoms with Crippen molar-refractivity contribution in [3.05, 3.63) is 48.0 Å². The van der Waals surface area contributed by atoms with Crippen molar-refractivity contribution >= 4 is 5.82 Å². The molecule has 17 heavy (non-hydrogen) atoms. The lowest BCUT2D eigenvalue weighted by atomic mass is 10.2. The number of hydrogen-bond donors (Lipinski definition) is 1. The normalized spacial score (nSPS) is 10.0. The van der Waals surface area contributed by atoms with Crippen LogP contribution >= 0.6 is 0 Å². The monoisotopic (exact) mass is 233 g/mol. The van der Waals surface area contributed by atoms with Gasteiger partial charge in [0.1, 0.15) is 11.6 Å². The van der Waals surface area contributed by atoms with Crippen LogP contribution in [-0.4, -0.2) is 17.1 Å². The summed E-state index contributed by atoms with van der Waals surface area (Å²) in [6, 6.07) is 6.92. The molecule has 5 heteroatoms. The van der Waals surface area contributed by atoms with Crippen molar-refractivity contribution in [2.45, 2.75) is 6.54 Å². The van der Waals surface area contributed by atoms with E-state index in [-0.39, 0.29) is 5.82 Å². The van der Waals surface area contributed by atoms with E-state index in [0.29, 0.717) is 18.0 Å². The second kappa shape index (κ2) is 5.25. The van der Waals surface area contributed by atoms with Crippen molar-refractivity contribution in [3.8, 4) is 5.88 Å². The van der Waals surface area contributed by atoms with Gasteiger partial charge in [0.25, 0.3) is 0 Å². The summed E-state index contributed by atoms with van der Waals surface area (Å²) in [6.07, 6.45) is 2.81. The smallest absolute Gasteiger partial charge is 0.218 e. The van der Waals surface area contributed by atoms with Crippen LogP contribution in [-0.2, 0) is 6.54 Å². The molecule has 2 aromatic rings. The first-order valence-corrected chi connectivity index (χ1v) is 5.13. The molecule has 2 rings (SSSR count). The van der Waals surface area contributed by atoms with Crippen LogP contribution in [0.5, 0.6) is 5.88 Å². The van der Waals surface area contributed by atoms with Gasteiger partial charge >= 0.3 is 0 Å². The number of hydrogen-bond acceptors (Lipinski definition) is 4. The topological polar surface area (TPSA) is 47.0 Å². The number of nitrogens with one attached hydrogen (secondary N) is 1. The zero-order valence-corrected chi connectivity index (χ0v) is 9.35. The molecule has 0 aromatic carbocycles. The van der Waals surface area contributed by atoms with Gasteiger partial charge in [-0.3, -0.25) is 0 Å². The third-order valence-corrected chi connectivity index (χ3v) is 2.21. The lowest BCUT2D eigenvalue weighted by Gasteiger charge is -2.08. The molecule has 0 atom stereocenters. The largest absolute Gasteiger partial charge is 0.481 e. The van der Waals surface area contributed by atoms with Gasteiger partial charge in [0.05, 0.1) is 13.3 Å². The Bertz CT molecular complexity index is 490. The number of anilines is 1. The maximum Gasteiger partial charge on any atom is 0.218 e. The van der Waals surface area contributed by atoms with Crippen molar-refractivity contribution in [1.82, 2.24) is 9.97 Å². The third-order valence-electron chi connectivity index (χ3n) is 2.21. The van der Waals surface area contributed by atoms with Gasteiger partial charge in [-0.05, 0) is 18.2 Å². The number of nitrogens with zero attached hydrogens (tertiary/aromatic N) is 2. The molecule has 0 fully saturated rings. The van der Waals surface area contributed by atoms with Crippen LogP contribution in [0.1, 0.15) is 5.56 Å². The Kier molecular flexibility index (Phi) is 3.49. The van der Waals surface area contributed by atoms with Crippen molar-refractivity contribution < 1.29 is 9.13 Å². The lowest BCUT2D eigenvalue weighted by molar-refractivity contribution is 0.391. The molecule has 0 radical (unpaired) electrons. The number of methoxy groups -OCH3 is 1. The van der Waals surface area contributed by atoms with E-state index in [2.05, 4.69) is 15.3 Å². The van der Waals surface area contributed by atoms with Gasteiger partial charge in [0.15, 0.2) is 0 Å². The molecule has 0 bridgehead atoms. The lowest BCUT2D eigenvalue weighted by Crippen LogP contribution is -2.04. The molecular weight excluding hydrogens is 221 g/mol. The van der Waals surface area contributed by atoms with E-state index in [4.69, 9.17) is 4.74 Å². The zero-order chi connectivity index (χ0) is 12.1. The Labute approximate surface area is 98.5 Å². The highest BCUT2D eigenvalue weighted by Crippen LogP contribution is 2.16. The Hall–Kier alpha value is -2.17. The summed E-state index contributed by atoms with van der Waals surface area (Å²) in [5.41, 5.74) is 0.651. The molecule has 0 aliphatic heterocycles. The average molecular weight is 233 g/mol. The highest BCUT2D eigenvalue weighted by molar-refractivity contribution is 5.36. The Morgan fingerprint density at radius 2 is 2.24 bits per heavy atom. The van der Waals surface area contributed by atoms with Crippen molar-refractivity contribution in [2.75, 3.05) is 12.4 Å². The van der Waals surface area contributed by atoms with Crippen molar-refractivity contribution in [1.29, 1.82) is 0 Å². The van der Waals surface area contributed by atoms with Gasteiger partial charge in [-0.2, -0.15) is 0 Å². The summed E-state index contributed by atoms with van der Waals surface area (Å²) in [7, 11) is 1.50. The summed E-state index contributed by atoms with van der Waals surface area (Å²) >= 11 is 0. The van der Waals surface area contributed by atoms with Gasteiger partial charge < -0.3 is 10.1 Å². The molecule has 1 N–H and O–H groups in total. The first-order chi connectivity index (χ1) is 8.29. The fourth-order valence-corrected chi connectivity index (χ4v) is 1.43. The molecule has 0 saturated carbocycles. The molecule has 0 unspecified atom stereocenters. The van der Waals surface area contributed by atoms with Gasteiger partial charge in [0.2, 0.25) is 5.88 Å². The van der Waals surface area contributed by atoms with Crippen LogP contribution in [0.3, 0.4) is 0 Å². The van der Waals surface area contributed by atoms with E-state index < -0.39 is 0 Å². The standard InChI is InChI=1S/C12H12FN3O/c1-17-12-9(6-10(13)8-16-12)7-15-11-4-2-3-5-14-11/h2-6,8H,7H2,1H3,(H,14,15). The van der Waals surface area contributed by atoms with Crippen LogP contribution in [0.4, 0.5) is 10.2 Å². The number of aromatic nitrogens is 2. The molecule has 4 nitrogen and oxygen atoms in total. The van der Waals surface area contributed by atoms with E-state index in [1.54, 1.807) is 6.20 Å². The van der Waals surface area contributed by atoms with E-state index in [1.165, 1.54) is 13.2 Å². The molecule has 0 aliphatic carbocycles. The predicted octanol–water partition coefficient (Wildman–Crippen LogP) is 2.24. The minimum Gasteiger partial charge on any atom is -0.481 e. The summed E-state index contributed by atoms with van der Waals surface area (Å²) in [5, 5.41) is 3.07. The number of ether oxygens (including phenoxy) is 1. The zero-order valence-electron chi connectivity index (χ0n) is 9.35. The van der Waals surface area contributed by atoms with E-state index in [0.717, 1.165) is 12.0 Å². The van der Waals surface area contributed by atoms with Crippen molar-refractivity contribution in [3.63, 3.8) is 0 Å². The summed E-state index contributed by atoms with van der Waals surface area (Å²) in [5.74, 6) is 0.747. The number of pyridine rings is 2. The molecule has 0 spiro atoms. The van der Waals surface area contributed by atoms with Crippen LogP contribution in [0.15, 0.2) is 36.7 Å². The molecule has 2 heterocycles. The van der Waals surface area contributed by atoms with Crippen LogP contribution < -0.4 is 10.1 Å². The molecule has 0 amide bonds. The van der Waals surface area contributed by atoms with Gasteiger partial charge in [0, 0.05) is 18.3 Å². The predicted molar refractivity (Wildman–Crippen MR) is 62.3 cm³/mol. The van der Waals surface area contributed by atoms with Crippen LogP contribution in [0, 0.1) is 5.82 Å². The van der Waals surface area contributed by atoms with Gasteiger partial charge in [-0.15, -0.1) is 0 Å². The highest BCUT2D eigenvalue weighted by atomic mass is 19.1. The fourth-order valence-electron chi connectivity index (χ4n) is 1.43. The third kappa shape index (κ3) is 2.90. The van der Waals surface area contributed by atoms with Gasteiger partial charge in [-0.1, -0.05) is 6.07 Å². The second-order valence-electron chi connectivity index (χ2n) is 3.39. The minimum atomic E-state index is -0.386. The maximum atomic E-state index is 13.0. The van der Waals surface area contributed by atoms with E-state index in [9.17, 15) is 4.39 Å². The Balaban J connectivity index is 2.11.